The summed E-state index contributed by atoms with van der Waals surface area (Å²) < 4.78 is 27.3. The van der Waals surface area contributed by atoms with Crippen LogP contribution in [0.25, 0.3) is 0 Å². The zero-order chi connectivity index (χ0) is 11.8. The first-order chi connectivity index (χ1) is 7.55. The fourth-order valence-corrected chi connectivity index (χ4v) is 3.53. The number of halogens is 1. The van der Waals surface area contributed by atoms with Gasteiger partial charge in [0.25, 0.3) is 10.0 Å². The second-order valence-corrected chi connectivity index (χ2v) is 5.82. The van der Waals surface area contributed by atoms with Crippen molar-refractivity contribution in [1.29, 1.82) is 0 Å². The quantitative estimate of drug-likeness (QED) is 0.834. The average molecular weight is 281 g/mol. The Labute approximate surface area is 107 Å². The van der Waals surface area contributed by atoms with Gasteiger partial charge in [0.05, 0.1) is 6.20 Å². The minimum Gasteiger partial charge on any atom is -0.316 e. The molecule has 0 amide bonds. The first-order valence-electron chi connectivity index (χ1n) is 5.21. The highest BCUT2D eigenvalue weighted by Crippen LogP contribution is 2.19. The van der Waals surface area contributed by atoms with Gasteiger partial charge in [-0.05, 0) is 19.5 Å². The largest absolute Gasteiger partial charge is 0.316 e. The SMILES string of the molecule is CNC1CCN(S(=O)(=O)c2ccnn2C)C1.Cl. The lowest BCUT2D eigenvalue weighted by Crippen LogP contribution is -2.34. The van der Waals surface area contributed by atoms with E-state index in [1.807, 2.05) is 7.05 Å². The number of aryl methyl sites for hydroxylation is 1. The molecular weight excluding hydrogens is 264 g/mol. The molecule has 0 spiro atoms. The second kappa shape index (κ2) is 5.34. The van der Waals surface area contributed by atoms with Gasteiger partial charge in [0.2, 0.25) is 0 Å². The van der Waals surface area contributed by atoms with Crippen LogP contribution in [0.3, 0.4) is 0 Å². The van der Waals surface area contributed by atoms with Gasteiger partial charge in [-0.1, -0.05) is 0 Å². The molecule has 2 heterocycles. The molecule has 8 heteroatoms. The maximum absolute atomic E-state index is 12.2. The standard InChI is InChI=1S/C9H16N4O2S.ClH/c1-10-8-4-6-13(7-8)16(14,15)9-3-5-11-12(9)2;/h3,5,8,10H,4,6-7H2,1-2H3;1H. The van der Waals surface area contributed by atoms with Gasteiger partial charge in [0.15, 0.2) is 5.03 Å². The predicted octanol–water partition coefficient (Wildman–Crippen LogP) is -0.176. The van der Waals surface area contributed by atoms with Crippen molar-refractivity contribution in [3.05, 3.63) is 12.3 Å². The molecule has 1 aliphatic heterocycles. The molecular formula is C9H17ClN4O2S. The smallest absolute Gasteiger partial charge is 0.260 e. The Balaban J connectivity index is 0.00000144. The molecule has 0 radical (unpaired) electrons. The average Bonchev–Trinajstić information content (AvgIpc) is 2.85. The third-order valence-electron chi connectivity index (χ3n) is 2.94. The number of rotatable bonds is 3. The summed E-state index contributed by atoms with van der Waals surface area (Å²) >= 11 is 0. The van der Waals surface area contributed by atoms with Crippen LogP contribution in [0.2, 0.25) is 0 Å². The molecule has 6 nitrogen and oxygen atoms in total. The maximum atomic E-state index is 12.2. The van der Waals surface area contributed by atoms with E-state index in [-0.39, 0.29) is 23.5 Å². The zero-order valence-corrected chi connectivity index (χ0v) is 11.5. The lowest BCUT2D eigenvalue weighted by Gasteiger charge is -2.16. The van der Waals surface area contributed by atoms with Gasteiger partial charge in [-0.2, -0.15) is 9.40 Å². The van der Waals surface area contributed by atoms with E-state index in [9.17, 15) is 8.42 Å². The summed E-state index contributed by atoms with van der Waals surface area (Å²) in [5.41, 5.74) is 0. The van der Waals surface area contributed by atoms with Crippen LogP contribution < -0.4 is 5.32 Å². The van der Waals surface area contributed by atoms with Crippen LogP contribution in [-0.4, -0.2) is 48.7 Å². The molecule has 17 heavy (non-hydrogen) atoms. The van der Waals surface area contributed by atoms with Crippen LogP contribution in [0.5, 0.6) is 0 Å². The number of nitrogens with zero attached hydrogens (tertiary/aromatic N) is 3. The number of hydrogen-bond donors (Lipinski definition) is 1. The Kier molecular flexibility index (Phi) is 4.54. The molecule has 1 aromatic rings. The zero-order valence-electron chi connectivity index (χ0n) is 9.83. The highest BCUT2D eigenvalue weighted by molar-refractivity contribution is 7.89. The van der Waals surface area contributed by atoms with E-state index in [0.29, 0.717) is 13.1 Å². The molecule has 1 aliphatic rings. The lowest BCUT2D eigenvalue weighted by molar-refractivity contribution is 0.456. The molecule has 1 saturated heterocycles. The number of hydrogen-bond acceptors (Lipinski definition) is 4. The van der Waals surface area contributed by atoms with Crippen molar-refractivity contribution in [2.75, 3.05) is 20.1 Å². The number of nitrogens with one attached hydrogen (secondary N) is 1. The highest BCUT2D eigenvalue weighted by Gasteiger charge is 2.33. The van der Waals surface area contributed by atoms with Crippen LogP contribution in [0, 0.1) is 0 Å². The van der Waals surface area contributed by atoms with E-state index < -0.39 is 10.0 Å². The van der Waals surface area contributed by atoms with Gasteiger partial charge < -0.3 is 5.32 Å². The fourth-order valence-electron chi connectivity index (χ4n) is 1.93. The predicted molar refractivity (Wildman–Crippen MR) is 66.7 cm³/mol. The summed E-state index contributed by atoms with van der Waals surface area (Å²) in [5.74, 6) is 0. The highest BCUT2D eigenvalue weighted by atomic mass is 35.5. The van der Waals surface area contributed by atoms with Crippen molar-refractivity contribution in [3.63, 3.8) is 0 Å². The minimum atomic E-state index is -3.38. The van der Waals surface area contributed by atoms with Gasteiger partial charge in [0, 0.05) is 26.2 Å². The summed E-state index contributed by atoms with van der Waals surface area (Å²) in [7, 11) is 0.114. The Hall–Kier alpha value is -0.630. The van der Waals surface area contributed by atoms with Crippen LogP contribution in [0.15, 0.2) is 17.3 Å². The van der Waals surface area contributed by atoms with Crippen molar-refractivity contribution in [2.24, 2.45) is 7.05 Å². The van der Waals surface area contributed by atoms with Crippen molar-refractivity contribution in [1.82, 2.24) is 19.4 Å². The number of likely N-dealkylation sites (N-methyl/N-ethyl adjacent to an activating group) is 1. The Morgan fingerprint density at radius 2 is 2.24 bits per heavy atom. The summed E-state index contributed by atoms with van der Waals surface area (Å²) in [6, 6.07) is 1.78. The van der Waals surface area contributed by atoms with Crippen LogP contribution in [-0.2, 0) is 17.1 Å². The van der Waals surface area contributed by atoms with Gasteiger partial charge in [0.1, 0.15) is 0 Å². The number of aromatic nitrogens is 2. The fraction of sp³-hybridized carbons (Fsp3) is 0.667. The van der Waals surface area contributed by atoms with E-state index in [1.165, 1.54) is 21.3 Å². The summed E-state index contributed by atoms with van der Waals surface area (Å²) in [4.78, 5) is 0. The molecule has 2 rings (SSSR count). The van der Waals surface area contributed by atoms with Gasteiger partial charge >= 0.3 is 0 Å². The van der Waals surface area contributed by atoms with Gasteiger partial charge in [-0.25, -0.2) is 8.42 Å². The monoisotopic (exact) mass is 280 g/mol. The Bertz CT molecular complexity index is 473. The first-order valence-corrected chi connectivity index (χ1v) is 6.65. The van der Waals surface area contributed by atoms with Crippen LogP contribution >= 0.6 is 12.4 Å². The summed E-state index contributed by atoms with van der Waals surface area (Å²) in [6.07, 6.45) is 2.35. The molecule has 1 atom stereocenters. The third kappa shape index (κ3) is 2.62. The number of sulfonamides is 1. The molecule has 0 aliphatic carbocycles. The van der Waals surface area contributed by atoms with E-state index in [0.717, 1.165) is 6.42 Å². The molecule has 1 aromatic heterocycles. The van der Waals surface area contributed by atoms with Crippen LogP contribution in [0.1, 0.15) is 6.42 Å². The lowest BCUT2D eigenvalue weighted by atomic mass is 10.3. The molecule has 1 unspecified atom stereocenters. The minimum absolute atomic E-state index is 0. The summed E-state index contributed by atoms with van der Waals surface area (Å²) in [6.45, 7) is 1.10. The Morgan fingerprint density at radius 1 is 1.53 bits per heavy atom. The summed E-state index contributed by atoms with van der Waals surface area (Å²) in [5, 5.41) is 7.24. The third-order valence-corrected chi connectivity index (χ3v) is 4.88. The van der Waals surface area contributed by atoms with Crippen molar-refractivity contribution in [3.8, 4) is 0 Å². The molecule has 0 aromatic carbocycles. The van der Waals surface area contributed by atoms with Crippen molar-refractivity contribution >= 4 is 22.4 Å². The van der Waals surface area contributed by atoms with E-state index in [4.69, 9.17) is 0 Å². The van der Waals surface area contributed by atoms with Crippen molar-refractivity contribution < 1.29 is 8.42 Å². The molecule has 0 saturated carbocycles. The molecule has 1 fully saturated rings. The topological polar surface area (TPSA) is 67.2 Å². The van der Waals surface area contributed by atoms with Crippen LogP contribution in [0.4, 0.5) is 0 Å². The van der Waals surface area contributed by atoms with E-state index in [1.54, 1.807) is 7.05 Å². The van der Waals surface area contributed by atoms with Gasteiger partial charge in [-0.15, -0.1) is 12.4 Å². The van der Waals surface area contributed by atoms with E-state index >= 15 is 0 Å². The van der Waals surface area contributed by atoms with Crippen molar-refractivity contribution in [2.45, 2.75) is 17.5 Å². The maximum Gasteiger partial charge on any atom is 0.260 e. The second-order valence-electron chi connectivity index (χ2n) is 3.93. The Morgan fingerprint density at radius 3 is 2.71 bits per heavy atom. The van der Waals surface area contributed by atoms with Gasteiger partial charge in [-0.3, -0.25) is 4.68 Å². The molecule has 1 N–H and O–H groups in total. The molecule has 0 bridgehead atoms. The normalized spacial score (nSPS) is 21.4. The molecule has 98 valence electrons. The first kappa shape index (κ1) is 14.4. The van der Waals surface area contributed by atoms with E-state index in [2.05, 4.69) is 10.4 Å².